The van der Waals surface area contributed by atoms with Crippen molar-refractivity contribution in [2.45, 2.75) is 38.1 Å². The van der Waals surface area contributed by atoms with Crippen LogP contribution in [-0.4, -0.2) is 28.8 Å². The van der Waals surface area contributed by atoms with Gasteiger partial charge >= 0.3 is 6.18 Å². The predicted molar refractivity (Wildman–Crippen MR) is 54.1 cm³/mol. The molecule has 0 amide bonds. The SMILES string of the molecule is C=CCC1(O)C(=O)C(C(F)(F)F)=C1OC(C)C. The van der Waals surface area contributed by atoms with E-state index in [2.05, 4.69) is 6.58 Å². The molecule has 96 valence electrons. The topological polar surface area (TPSA) is 46.5 Å². The maximum atomic E-state index is 12.5. The summed E-state index contributed by atoms with van der Waals surface area (Å²) >= 11 is 0. The Kier molecular flexibility index (Phi) is 3.38. The third-order valence-corrected chi connectivity index (χ3v) is 2.28. The lowest BCUT2D eigenvalue weighted by molar-refractivity contribution is -0.160. The first-order chi connectivity index (χ1) is 7.64. The summed E-state index contributed by atoms with van der Waals surface area (Å²) in [6.45, 7) is 6.32. The molecular weight excluding hydrogens is 237 g/mol. The minimum absolute atomic E-state index is 0.298. The van der Waals surface area contributed by atoms with Crippen LogP contribution < -0.4 is 0 Å². The van der Waals surface area contributed by atoms with E-state index in [1.807, 2.05) is 0 Å². The molecule has 0 saturated heterocycles. The number of ether oxygens (including phenoxy) is 1. The Hall–Kier alpha value is -1.30. The molecule has 0 aromatic heterocycles. The van der Waals surface area contributed by atoms with Gasteiger partial charge in [-0.3, -0.25) is 4.79 Å². The minimum Gasteiger partial charge on any atom is -0.491 e. The van der Waals surface area contributed by atoms with E-state index in [9.17, 15) is 23.1 Å². The molecule has 0 fully saturated rings. The fourth-order valence-corrected chi connectivity index (χ4v) is 1.60. The Morgan fingerprint density at radius 1 is 1.53 bits per heavy atom. The highest BCUT2D eigenvalue weighted by molar-refractivity contribution is 6.12. The van der Waals surface area contributed by atoms with Crippen molar-refractivity contribution >= 4 is 5.78 Å². The first kappa shape index (κ1) is 13.8. The Morgan fingerprint density at radius 2 is 2.06 bits per heavy atom. The van der Waals surface area contributed by atoms with E-state index >= 15 is 0 Å². The molecule has 1 aliphatic rings. The van der Waals surface area contributed by atoms with Crippen molar-refractivity contribution in [2.24, 2.45) is 0 Å². The number of hydrogen-bond acceptors (Lipinski definition) is 3. The molecule has 1 aliphatic carbocycles. The summed E-state index contributed by atoms with van der Waals surface area (Å²) < 4.78 is 42.5. The van der Waals surface area contributed by atoms with Crippen LogP contribution in [0.15, 0.2) is 24.0 Å². The number of aliphatic hydroxyl groups is 1. The van der Waals surface area contributed by atoms with E-state index < -0.39 is 35.0 Å². The first-order valence-corrected chi connectivity index (χ1v) is 5.01. The smallest absolute Gasteiger partial charge is 0.423 e. The molecule has 1 unspecified atom stereocenters. The molecule has 1 rings (SSSR count). The number of ketones is 1. The third kappa shape index (κ3) is 2.22. The van der Waals surface area contributed by atoms with Crippen molar-refractivity contribution in [2.75, 3.05) is 0 Å². The average molecular weight is 250 g/mol. The van der Waals surface area contributed by atoms with Crippen molar-refractivity contribution in [3.05, 3.63) is 24.0 Å². The van der Waals surface area contributed by atoms with Gasteiger partial charge in [-0.1, -0.05) is 6.08 Å². The monoisotopic (exact) mass is 250 g/mol. The zero-order valence-electron chi connectivity index (χ0n) is 9.47. The Bertz CT molecular complexity index is 382. The van der Waals surface area contributed by atoms with E-state index in [0.29, 0.717) is 0 Å². The van der Waals surface area contributed by atoms with Gasteiger partial charge in [0.05, 0.1) is 6.10 Å². The van der Waals surface area contributed by atoms with Gasteiger partial charge in [0.25, 0.3) is 0 Å². The molecule has 0 spiro atoms. The largest absolute Gasteiger partial charge is 0.491 e. The third-order valence-electron chi connectivity index (χ3n) is 2.28. The highest BCUT2D eigenvalue weighted by atomic mass is 19.4. The van der Waals surface area contributed by atoms with Crippen LogP contribution in [0.4, 0.5) is 13.2 Å². The quantitative estimate of drug-likeness (QED) is 0.777. The molecule has 1 atom stereocenters. The summed E-state index contributed by atoms with van der Waals surface area (Å²) in [5.41, 5.74) is -3.62. The van der Waals surface area contributed by atoms with Crippen LogP contribution in [0.3, 0.4) is 0 Å². The zero-order valence-corrected chi connectivity index (χ0v) is 9.47. The molecule has 17 heavy (non-hydrogen) atoms. The van der Waals surface area contributed by atoms with Gasteiger partial charge in [0.15, 0.2) is 11.4 Å². The van der Waals surface area contributed by atoms with E-state index in [4.69, 9.17) is 4.74 Å². The summed E-state index contributed by atoms with van der Waals surface area (Å²) in [6, 6.07) is 0. The van der Waals surface area contributed by atoms with Gasteiger partial charge in [-0.05, 0) is 13.8 Å². The number of rotatable bonds is 4. The number of carbonyl (C=O) groups is 1. The van der Waals surface area contributed by atoms with Gasteiger partial charge in [0.2, 0.25) is 5.78 Å². The fraction of sp³-hybridized carbons (Fsp3) is 0.545. The summed E-state index contributed by atoms with van der Waals surface area (Å²) in [4.78, 5) is 11.4. The molecule has 0 heterocycles. The van der Waals surface area contributed by atoms with Gasteiger partial charge < -0.3 is 9.84 Å². The highest BCUT2D eigenvalue weighted by Crippen LogP contribution is 2.46. The lowest BCUT2D eigenvalue weighted by Gasteiger charge is -2.39. The first-order valence-electron chi connectivity index (χ1n) is 5.01. The molecule has 0 radical (unpaired) electrons. The van der Waals surface area contributed by atoms with Crippen molar-refractivity contribution in [1.29, 1.82) is 0 Å². The average Bonchev–Trinajstić information content (AvgIpc) is 2.14. The van der Waals surface area contributed by atoms with Crippen LogP contribution in [0, 0.1) is 0 Å². The standard InChI is InChI=1S/C11H13F3O3/c1-4-5-10(16)8(15)7(11(12,13)14)9(10)17-6(2)3/h4,6,16H,1,5H2,2-3H3. The van der Waals surface area contributed by atoms with Crippen molar-refractivity contribution < 1.29 is 27.8 Å². The second-order valence-corrected chi connectivity index (χ2v) is 4.05. The lowest BCUT2D eigenvalue weighted by atomic mass is 9.75. The normalized spacial score (nSPS) is 25.0. The predicted octanol–water partition coefficient (Wildman–Crippen LogP) is 2.12. The van der Waals surface area contributed by atoms with Crippen LogP contribution >= 0.6 is 0 Å². The summed E-state index contributed by atoms with van der Waals surface area (Å²) in [7, 11) is 0. The fourth-order valence-electron chi connectivity index (χ4n) is 1.60. The Balaban J connectivity index is 3.20. The highest BCUT2D eigenvalue weighted by Gasteiger charge is 2.62. The summed E-state index contributed by atoms with van der Waals surface area (Å²) in [5, 5.41) is 9.82. The molecule has 0 aliphatic heterocycles. The number of carbonyl (C=O) groups excluding carboxylic acids is 1. The van der Waals surface area contributed by atoms with Gasteiger partial charge in [0, 0.05) is 6.42 Å². The van der Waals surface area contributed by atoms with Crippen LogP contribution in [-0.2, 0) is 9.53 Å². The molecule has 0 aromatic rings. The number of alkyl halides is 3. The van der Waals surface area contributed by atoms with Crippen molar-refractivity contribution in [3.63, 3.8) is 0 Å². The number of halogens is 3. The second-order valence-electron chi connectivity index (χ2n) is 4.05. The summed E-state index contributed by atoms with van der Waals surface area (Å²) in [5.74, 6) is -2.06. The Labute approximate surface area is 96.6 Å². The number of Topliss-reactive ketones (excluding diaryl/α,β-unsaturated/α-hetero) is 1. The van der Waals surface area contributed by atoms with Gasteiger partial charge in [-0.2, -0.15) is 13.2 Å². The molecule has 6 heteroatoms. The van der Waals surface area contributed by atoms with Gasteiger partial charge in [-0.15, -0.1) is 6.58 Å². The van der Waals surface area contributed by atoms with Crippen LogP contribution in [0.5, 0.6) is 0 Å². The maximum absolute atomic E-state index is 12.5. The van der Waals surface area contributed by atoms with Crippen LogP contribution in [0.25, 0.3) is 0 Å². The second kappa shape index (κ2) is 4.18. The van der Waals surface area contributed by atoms with E-state index in [-0.39, 0.29) is 6.42 Å². The minimum atomic E-state index is -4.81. The van der Waals surface area contributed by atoms with Gasteiger partial charge in [0.1, 0.15) is 5.57 Å². The van der Waals surface area contributed by atoms with Gasteiger partial charge in [-0.25, -0.2) is 0 Å². The van der Waals surface area contributed by atoms with Crippen molar-refractivity contribution in [3.8, 4) is 0 Å². The molecule has 0 bridgehead atoms. The Morgan fingerprint density at radius 3 is 2.41 bits per heavy atom. The molecule has 3 nitrogen and oxygen atoms in total. The van der Waals surface area contributed by atoms with E-state index in [1.165, 1.54) is 19.9 Å². The lowest BCUT2D eigenvalue weighted by Crippen LogP contribution is -2.55. The molecule has 0 saturated carbocycles. The maximum Gasteiger partial charge on any atom is 0.423 e. The molecule has 0 aromatic carbocycles. The van der Waals surface area contributed by atoms with E-state index in [0.717, 1.165) is 0 Å². The molecule has 1 N–H and O–H groups in total. The van der Waals surface area contributed by atoms with Crippen LogP contribution in [0.2, 0.25) is 0 Å². The van der Waals surface area contributed by atoms with Crippen LogP contribution in [0.1, 0.15) is 20.3 Å². The number of hydrogen-bond donors (Lipinski definition) is 1. The molecular formula is C11H13F3O3. The van der Waals surface area contributed by atoms with Crippen molar-refractivity contribution in [1.82, 2.24) is 0 Å². The van der Waals surface area contributed by atoms with E-state index in [1.54, 1.807) is 0 Å². The zero-order chi connectivity index (χ0) is 13.4. The summed E-state index contributed by atoms with van der Waals surface area (Å²) in [6.07, 6.45) is -4.50.